The molecule has 0 saturated carbocycles. The van der Waals surface area contributed by atoms with Crippen molar-refractivity contribution in [1.29, 1.82) is 0 Å². The lowest BCUT2D eigenvalue weighted by atomic mass is 10.4. The molecule has 2 heterocycles. The minimum Gasteiger partial charge on any atom is -0.461 e. The van der Waals surface area contributed by atoms with Crippen molar-refractivity contribution < 1.29 is 9.53 Å². The average molecular weight is 221 g/mol. The van der Waals surface area contributed by atoms with Gasteiger partial charge in [-0.3, -0.25) is 4.79 Å². The third-order valence-corrected chi connectivity index (χ3v) is 2.52. The maximum atomic E-state index is 10.6. The van der Waals surface area contributed by atoms with Gasteiger partial charge in [-0.15, -0.1) is 0 Å². The number of nitrogens with zero attached hydrogens (tertiary/aromatic N) is 3. The van der Waals surface area contributed by atoms with Crippen LogP contribution < -0.4 is 4.90 Å². The number of aromatic nitrogens is 2. The van der Waals surface area contributed by atoms with Crippen molar-refractivity contribution in [3.05, 3.63) is 18.0 Å². The Morgan fingerprint density at radius 2 is 2.00 bits per heavy atom. The summed E-state index contributed by atoms with van der Waals surface area (Å²) >= 11 is 0. The van der Waals surface area contributed by atoms with E-state index in [0.29, 0.717) is 0 Å². The van der Waals surface area contributed by atoms with E-state index < -0.39 is 0 Å². The van der Waals surface area contributed by atoms with Gasteiger partial charge in [-0.25, -0.2) is 9.97 Å². The van der Waals surface area contributed by atoms with Crippen LogP contribution in [0.4, 0.5) is 5.95 Å². The van der Waals surface area contributed by atoms with Gasteiger partial charge < -0.3 is 9.64 Å². The van der Waals surface area contributed by atoms with E-state index in [9.17, 15) is 4.79 Å². The summed E-state index contributed by atoms with van der Waals surface area (Å²) in [5.74, 6) is 0.479. The first-order chi connectivity index (χ1) is 7.75. The molecule has 86 valence electrons. The van der Waals surface area contributed by atoms with Crippen molar-refractivity contribution in [1.82, 2.24) is 9.97 Å². The van der Waals surface area contributed by atoms with Crippen LogP contribution in [-0.2, 0) is 16.1 Å². The highest BCUT2D eigenvalue weighted by Gasteiger charge is 2.14. The molecule has 16 heavy (non-hydrogen) atoms. The van der Waals surface area contributed by atoms with Gasteiger partial charge in [-0.1, -0.05) is 0 Å². The van der Waals surface area contributed by atoms with Gasteiger partial charge in [-0.05, 0) is 12.8 Å². The third-order valence-electron chi connectivity index (χ3n) is 2.52. The molecule has 0 amide bonds. The second kappa shape index (κ2) is 4.92. The summed E-state index contributed by atoms with van der Waals surface area (Å²) in [5.41, 5.74) is 0.818. The van der Waals surface area contributed by atoms with E-state index in [1.165, 1.54) is 19.8 Å². The summed E-state index contributed by atoms with van der Waals surface area (Å²) in [6.45, 7) is 3.70. The Morgan fingerprint density at radius 1 is 1.38 bits per heavy atom. The van der Waals surface area contributed by atoms with Gasteiger partial charge in [0.15, 0.2) is 0 Å². The standard InChI is InChI=1S/C11H15N3O2/c1-9(15)16-8-10-6-12-11(13-7-10)14-4-2-3-5-14/h6-7H,2-5,8H2,1H3. The van der Waals surface area contributed by atoms with Crippen LogP contribution in [-0.4, -0.2) is 29.0 Å². The van der Waals surface area contributed by atoms with Crippen LogP contribution >= 0.6 is 0 Å². The molecule has 1 saturated heterocycles. The zero-order valence-corrected chi connectivity index (χ0v) is 9.35. The maximum absolute atomic E-state index is 10.6. The molecule has 0 bridgehead atoms. The molecule has 0 spiro atoms. The molecule has 1 fully saturated rings. The molecule has 2 rings (SSSR count). The lowest BCUT2D eigenvalue weighted by Gasteiger charge is -2.14. The van der Waals surface area contributed by atoms with Crippen molar-refractivity contribution in [2.45, 2.75) is 26.4 Å². The topological polar surface area (TPSA) is 55.3 Å². The predicted octanol–water partition coefficient (Wildman–Crippen LogP) is 1.14. The van der Waals surface area contributed by atoms with E-state index in [-0.39, 0.29) is 12.6 Å². The van der Waals surface area contributed by atoms with Gasteiger partial charge >= 0.3 is 5.97 Å². The number of ether oxygens (including phenoxy) is 1. The minimum atomic E-state index is -0.288. The number of esters is 1. The largest absolute Gasteiger partial charge is 0.461 e. The molecule has 0 unspecified atom stereocenters. The highest BCUT2D eigenvalue weighted by molar-refractivity contribution is 5.65. The van der Waals surface area contributed by atoms with Gasteiger partial charge in [0.2, 0.25) is 5.95 Å². The van der Waals surface area contributed by atoms with Crippen LogP contribution in [0.1, 0.15) is 25.3 Å². The summed E-state index contributed by atoms with van der Waals surface area (Å²) in [6, 6.07) is 0. The first kappa shape index (κ1) is 10.9. The van der Waals surface area contributed by atoms with Crippen molar-refractivity contribution >= 4 is 11.9 Å². The Morgan fingerprint density at radius 3 is 2.56 bits per heavy atom. The van der Waals surface area contributed by atoms with E-state index in [2.05, 4.69) is 14.9 Å². The van der Waals surface area contributed by atoms with Crippen molar-refractivity contribution in [3.8, 4) is 0 Å². The summed E-state index contributed by atoms with van der Waals surface area (Å²) < 4.78 is 4.86. The van der Waals surface area contributed by atoms with E-state index in [4.69, 9.17) is 4.74 Å². The SMILES string of the molecule is CC(=O)OCc1cnc(N2CCCC2)nc1. The van der Waals surface area contributed by atoms with Crippen molar-refractivity contribution in [3.63, 3.8) is 0 Å². The zero-order chi connectivity index (χ0) is 11.4. The molecular weight excluding hydrogens is 206 g/mol. The predicted molar refractivity (Wildman–Crippen MR) is 58.9 cm³/mol. The lowest BCUT2D eigenvalue weighted by Crippen LogP contribution is -2.20. The van der Waals surface area contributed by atoms with E-state index in [0.717, 1.165) is 24.6 Å². The average Bonchev–Trinajstić information content (AvgIpc) is 2.80. The molecular formula is C11H15N3O2. The van der Waals surface area contributed by atoms with Gasteiger partial charge in [0.25, 0.3) is 0 Å². The molecule has 5 nitrogen and oxygen atoms in total. The number of hydrogen-bond donors (Lipinski definition) is 0. The van der Waals surface area contributed by atoms with Crippen LogP contribution in [0, 0.1) is 0 Å². The van der Waals surface area contributed by atoms with Gasteiger partial charge in [-0.2, -0.15) is 0 Å². The fourth-order valence-corrected chi connectivity index (χ4v) is 1.69. The van der Waals surface area contributed by atoms with Crippen molar-refractivity contribution in [2.24, 2.45) is 0 Å². The first-order valence-electron chi connectivity index (χ1n) is 5.45. The summed E-state index contributed by atoms with van der Waals surface area (Å²) in [6.07, 6.45) is 5.84. The lowest BCUT2D eigenvalue weighted by molar-refractivity contribution is -0.142. The highest BCUT2D eigenvalue weighted by Crippen LogP contribution is 2.14. The van der Waals surface area contributed by atoms with E-state index in [1.54, 1.807) is 12.4 Å². The molecule has 1 aromatic heterocycles. The van der Waals surface area contributed by atoms with Crippen LogP contribution in [0.5, 0.6) is 0 Å². The monoisotopic (exact) mass is 221 g/mol. The number of hydrogen-bond acceptors (Lipinski definition) is 5. The molecule has 5 heteroatoms. The molecule has 0 N–H and O–H groups in total. The van der Waals surface area contributed by atoms with Crippen LogP contribution in [0.3, 0.4) is 0 Å². The van der Waals surface area contributed by atoms with Crippen molar-refractivity contribution in [2.75, 3.05) is 18.0 Å². The smallest absolute Gasteiger partial charge is 0.302 e. The molecule has 1 aliphatic heterocycles. The number of carbonyl (C=O) groups excluding carboxylic acids is 1. The second-order valence-corrected chi connectivity index (χ2v) is 3.87. The maximum Gasteiger partial charge on any atom is 0.302 e. The Bertz CT molecular complexity index is 358. The first-order valence-corrected chi connectivity index (χ1v) is 5.45. The van der Waals surface area contributed by atoms with E-state index in [1.807, 2.05) is 0 Å². The quantitative estimate of drug-likeness (QED) is 0.716. The normalized spacial score (nSPS) is 15.2. The van der Waals surface area contributed by atoms with Gasteiger partial charge in [0, 0.05) is 38.0 Å². The fourth-order valence-electron chi connectivity index (χ4n) is 1.69. The molecule has 0 radical (unpaired) electrons. The van der Waals surface area contributed by atoms with Crippen LogP contribution in [0.15, 0.2) is 12.4 Å². The molecule has 1 aliphatic rings. The van der Waals surface area contributed by atoms with Gasteiger partial charge in [0.05, 0.1) is 0 Å². The third kappa shape index (κ3) is 2.68. The second-order valence-electron chi connectivity index (χ2n) is 3.87. The van der Waals surface area contributed by atoms with Gasteiger partial charge in [0.1, 0.15) is 6.61 Å². The Balaban J connectivity index is 1.95. The molecule has 0 atom stereocenters. The Hall–Kier alpha value is -1.65. The number of carbonyl (C=O) groups is 1. The molecule has 0 aromatic carbocycles. The number of anilines is 1. The summed E-state index contributed by atoms with van der Waals surface area (Å²) in [4.78, 5) is 21.3. The summed E-state index contributed by atoms with van der Waals surface area (Å²) in [5, 5.41) is 0. The molecule has 0 aliphatic carbocycles. The minimum absolute atomic E-state index is 0.246. The van der Waals surface area contributed by atoms with Crippen LogP contribution in [0.25, 0.3) is 0 Å². The fraction of sp³-hybridized carbons (Fsp3) is 0.545. The van der Waals surface area contributed by atoms with Crippen LogP contribution in [0.2, 0.25) is 0 Å². The Labute approximate surface area is 94.5 Å². The summed E-state index contributed by atoms with van der Waals surface area (Å²) in [7, 11) is 0. The number of rotatable bonds is 3. The van der Waals surface area contributed by atoms with E-state index >= 15 is 0 Å². The Kier molecular flexibility index (Phi) is 3.34. The zero-order valence-electron chi connectivity index (χ0n) is 9.35. The molecule has 1 aromatic rings. The highest BCUT2D eigenvalue weighted by atomic mass is 16.5.